The smallest absolute Gasteiger partial charge is 0.329 e. The maximum atomic E-state index is 11.7. The van der Waals surface area contributed by atoms with Gasteiger partial charge in [-0.05, 0) is 36.8 Å². The highest BCUT2D eigenvalue weighted by Gasteiger charge is 2.14. The minimum Gasteiger partial charge on any atom is -0.494 e. The van der Waals surface area contributed by atoms with Gasteiger partial charge in [0.2, 0.25) is 0 Å². The molecule has 0 saturated carbocycles. The molecule has 2 N–H and O–H groups in total. The van der Waals surface area contributed by atoms with Crippen LogP contribution < -0.4 is 15.5 Å². The second kappa shape index (κ2) is 10.4. The first-order valence-electron chi connectivity index (χ1n) is 8.33. The molecule has 1 saturated heterocycles. The van der Waals surface area contributed by atoms with Gasteiger partial charge in [0, 0.05) is 26.2 Å². The number of nitrogens with one attached hydrogen (secondary N) is 2. The molecule has 8 heteroatoms. The number of morpholine rings is 1. The molecule has 8 nitrogen and oxygen atoms in total. The zero-order chi connectivity index (χ0) is 17.9. The monoisotopic (exact) mass is 348 g/mol. The van der Waals surface area contributed by atoms with E-state index in [0.29, 0.717) is 32.9 Å². The summed E-state index contributed by atoms with van der Waals surface area (Å²) in [7, 11) is 0. The number of ether oxygens (including phenoxy) is 2. The molecule has 0 spiro atoms. The van der Waals surface area contributed by atoms with Crippen molar-refractivity contribution in [3.63, 3.8) is 0 Å². The number of rotatable bonds is 7. The number of hydrogen-bond donors (Lipinski definition) is 2. The third-order valence-corrected chi connectivity index (χ3v) is 3.59. The van der Waals surface area contributed by atoms with Crippen LogP contribution in [-0.4, -0.2) is 68.9 Å². The lowest BCUT2D eigenvalue weighted by molar-refractivity contribution is -0.139. The van der Waals surface area contributed by atoms with Crippen LogP contribution in [0, 0.1) is 0 Å². The van der Waals surface area contributed by atoms with Crippen LogP contribution in [0.3, 0.4) is 0 Å². The Morgan fingerprint density at radius 1 is 1.24 bits per heavy atom. The van der Waals surface area contributed by atoms with Gasteiger partial charge in [0.1, 0.15) is 5.75 Å². The fourth-order valence-electron chi connectivity index (χ4n) is 2.27. The molecule has 1 aromatic carbocycles. The lowest BCUT2D eigenvalue weighted by Crippen LogP contribution is -2.44. The molecule has 0 bridgehead atoms. The topological polar surface area (TPSA) is 92.3 Å². The minimum absolute atomic E-state index is 0.412. The summed E-state index contributed by atoms with van der Waals surface area (Å²) in [5.74, 6) is -0.718. The zero-order valence-corrected chi connectivity index (χ0v) is 14.4. The Morgan fingerprint density at radius 3 is 2.64 bits per heavy atom. The largest absolute Gasteiger partial charge is 0.494 e. The first kappa shape index (κ1) is 18.9. The molecule has 2 rings (SSSR count). The van der Waals surface area contributed by atoms with Gasteiger partial charge in [-0.15, -0.1) is 0 Å². The van der Waals surface area contributed by atoms with Crippen LogP contribution in [0.15, 0.2) is 29.4 Å². The molecule has 1 aliphatic heterocycles. The minimum atomic E-state index is -0.788. The van der Waals surface area contributed by atoms with Gasteiger partial charge in [0.05, 0.1) is 26.0 Å². The molecular formula is C17H24N4O4. The Balaban J connectivity index is 1.66. The molecule has 0 aromatic heterocycles. The van der Waals surface area contributed by atoms with E-state index in [1.807, 2.05) is 31.2 Å². The van der Waals surface area contributed by atoms with Gasteiger partial charge in [-0.3, -0.25) is 14.5 Å². The first-order chi connectivity index (χ1) is 12.2. The van der Waals surface area contributed by atoms with E-state index in [4.69, 9.17) is 9.47 Å². The number of carbonyl (C=O) groups excluding carboxylic acids is 2. The van der Waals surface area contributed by atoms with Gasteiger partial charge in [-0.1, -0.05) is 0 Å². The first-order valence-corrected chi connectivity index (χ1v) is 8.33. The van der Waals surface area contributed by atoms with E-state index in [2.05, 4.69) is 20.7 Å². The molecule has 1 aromatic rings. The molecule has 0 radical (unpaired) electrons. The van der Waals surface area contributed by atoms with E-state index < -0.39 is 11.8 Å². The number of hydrazone groups is 1. The summed E-state index contributed by atoms with van der Waals surface area (Å²) in [4.78, 5) is 25.5. The molecule has 0 aliphatic carbocycles. The lowest BCUT2D eigenvalue weighted by Gasteiger charge is -2.26. The summed E-state index contributed by atoms with van der Waals surface area (Å²) in [6, 6.07) is 7.24. The van der Waals surface area contributed by atoms with Crippen LogP contribution in [0.4, 0.5) is 0 Å². The Hall–Kier alpha value is -2.45. The van der Waals surface area contributed by atoms with Crippen molar-refractivity contribution in [3.8, 4) is 5.75 Å². The quantitative estimate of drug-likeness (QED) is 0.411. The highest BCUT2D eigenvalue weighted by atomic mass is 16.5. The Labute approximate surface area is 147 Å². The zero-order valence-electron chi connectivity index (χ0n) is 14.4. The van der Waals surface area contributed by atoms with Gasteiger partial charge in [0.25, 0.3) is 0 Å². The van der Waals surface area contributed by atoms with Crippen molar-refractivity contribution < 1.29 is 19.1 Å². The van der Waals surface area contributed by atoms with E-state index in [1.165, 1.54) is 6.21 Å². The molecule has 1 heterocycles. The standard InChI is InChI=1S/C17H24N4O4/c1-2-25-15-5-3-14(4-6-15)13-19-20-17(23)16(22)18-7-8-21-9-11-24-12-10-21/h3-6,13H,2,7-12H2,1H3,(H,18,22)(H,20,23)/b19-13-. The van der Waals surface area contributed by atoms with Gasteiger partial charge in [-0.25, -0.2) is 5.43 Å². The predicted octanol–water partition coefficient (Wildman–Crippen LogP) is -0.0162. The molecule has 1 fully saturated rings. The Kier molecular flexibility index (Phi) is 7.87. The van der Waals surface area contributed by atoms with E-state index in [-0.39, 0.29) is 0 Å². The summed E-state index contributed by atoms with van der Waals surface area (Å²) in [5.41, 5.74) is 3.00. The number of nitrogens with zero attached hydrogens (tertiary/aromatic N) is 2. The summed E-state index contributed by atoms with van der Waals surface area (Å²) >= 11 is 0. The average molecular weight is 348 g/mol. The summed E-state index contributed by atoms with van der Waals surface area (Å²) in [5, 5.41) is 6.36. The molecule has 25 heavy (non-hydrogen) atoms. The van der Waals surface area contributed by atoms with Crippen molar-refractivity contribution >= 4 is 18.0 Å². The summed E-state index contributed by atoms with van der Waals surface area (Å²) < 4.78 is 10.6. The number of carbonyl (C=O) groups is 2. The van der Waals surface area contributed by atoms with Crippen LogP contribution in [0.2, 0.25) is 0 Å². The van der Waals surface area contributed by atoms with Crippen LogP contribution >= 0.6 is 0 Å². The number of benzene rings is 1. The maximum absolute atomic E-state index is 11.7. The van der Waals surface area contributed by atoms with Gasteiger partial charge < -0.3 is 14.8 Å². The van der Waals surface area contributed by atoms with E-state index in [0.717, 1.165) is 24.4 Å². The summed E-state index contributed by atoms with van der Waals surface area (Å²) in [6.45, 7) is 6.71. The van der Waals surface area contributed by atoms with Crippen LogP contribution in [0.1, 0.15) is 12.5 Å². The second-order valence-electron chi connectivity index (χ2n) is 5.41. The highest BCUT2D eigenvalue weighted by Crippen LogP contribution is 2.10. The molecule has 0 atom stereocenters. The van der Waals surface area contributed by atoms with Crippen molar-refractivity contribution in [2.45, 2.75) is 6.92 Å². The summed E-state index contributed by atoms with van der Waals surface area (Å²) in [6.07, 6.45) is 1.47. The molecular weight excluding hydrogens is 324 g/mol. The molecule has 1 aliphatic rings. The van der Waals surface area contributed by atoms with Gasteiger partial charge >= 0.3 is 11.8 Å². The average Bonchev–Trinajstić information content (AvgIpc) is 2.64. The van der Waals surface area contributed by atoms with E-state index in [9.17, 15) is 9.59 Å². The number of amides is 2. The van der Waals surface area contributed by atoms with Crippen molar-refractivity contribution in [3.05, 3.63) is 29.8 Å². The maximum Gasteiger partial charge on any atom is 0.329 e. The third kappa shape index (κ3) is 6.90. The molecule has 0 unspecified atom stereocenters. The lowest BCUT2D eigenvalue weighted by atomic mass is 10.2. The van der Waals surface area contributed by atoms with Crippen LogP contribution in [-0.2, 0) is 14.3 Å². The normalized spacial score (nSPS) is 15.1. The van der Waals surface area contributed by atoms with Gasteiger partial charge in [-0.2, -0.15) is 5.10 Å². The van der Waals surface area contributed by atoms with Crippen molar-refractivity contribution in [2.75, 3.05) is 46.0 Å². The SMILES string of the molecule is CCOc1ccc(/C=N\NC(=O)C(=O)NCCN2CCOCC2)cc1. The Morgan fingerprint density at radius 2 is 1.96 bits per heavy atom. The van der Waals surface area contributed by atoms with Gasteiger partial charge in [0.15, 0.2) is 0 Å². The highest BCUT2D eigenvalue weighted by molar-refractivity contribution is 6.35. The van der Waals surface area contributed by atoms with E-state index >= 15 is 0 Å². The van der Waals surface area contributed by atoms with E-state index in [1.54, 1.807) is 0 Å². The van der Waals surface area contributed by atoms with Crippen LogP contribution in [0.25, 0.3) is 0 Å². The third-order valence-electron chi connectivity index (χ3n) is 3.59. The van der Waals surface area contributed by atoms with Crippen molar-refractivity contribution in [1.82, 2.24) is 15.6 Å². The second-order valence-corrected chi connectivity index (χ2v) is 5.41. The molecule has 2 amide bonds. The van der Waals surface area contributed by atoms with Crippen LogP contribution in [0.5, 0.6) is 5.75 Å². The van der Waals surface area contributed by atoms with Crippen molar-refractivity contribution in [1.29, 1.82) is 0 Å². The predicted molar refractivity (Wildman–Crippen MR) is 93.6 cm³/mol. The molecule has 136 valence electrons. The number of hydrogen-bond acceptors (Lipinski definition) is 6. The fourth-order valence-corrected chi connectivity index (χ4v) is 2.27. The Bertz CT molecular complexity index is 583. The fraction of sp³-hybridized carbons (Fsp3) is 0.471. The van der Waals surface area contributed by atoms with Crippen molar-refractivity contribution in [2.24, 2.45) is 5.10 Å².